The van der Waals surface area contributed by atoms with Crippen LogP contribution in [0.5, 0.6) is 0 Å². The standard InChI is InChI=1S/C16H20N2O3/c1-12-9-13(5-4-8-19)11-14(10-12)16(21)17-7-6-15(20)18(2)3/h9-11,19H,6-8H2,1-3H3,(H,17,21). The minimum atomic E-state index is -0.239. The van der Waals surface area contributed by atoms with Crippen molar-refractivity contribution >= 4 is 11.8 Å². The predicted octanol–water partition coefficient (Wildman–Crippen LogP) is 0.547. The summed E-state index contributed by atoms with van der Waals surface area (Å²) < 4.78 is 0. The molecule has 0 saturated heterocycles. The molecule has 0 unspecified atom stereocenters. The highest BCUT2D eigenvalue weighted by molar-refractivity contribution is 5.95. The molecule has 0 aliphatic rings. The second-order valence-electron chi connectivity index (χ2n) is 4.84. The van der Waals surface area contributed by atoms with Crippen LogP contribution in [0.4, 0.5) is 0 Å². The Morgan fingerprint density at radius 2 is 2.00 bits per heavy atom. The van der Waals surface area contributed by atoms with E-state index in [-0.39, 0.29) is 24.8 Å². The Morgan fingerprint density at radius 1 is 1.29 bits per heavy atom. The molecule has 1 rings (SSSR count). The molecular weight excluding hydrogens is 268 g/mol. The predicted molar refractivity (Wildman–Crippen MR) is 80.8 cm³/mol. The van der Waals surface area contributed by atoms with Crippen molar-refractivity contribution in [3.8, 4) is 11.8 Å². The van der Waals surface area contributed by atoms with Gasteiger partial charge in [0.15, 0.2) is 0 Å². The molecule has 2 N–H and O–H groups in total. The van der Waals surface area contributed by atoms with Crippen molar-refractivity contribution in [1.82, 2.24) is 10.2 Å². The largest absolute Gasteiger partial charge is 0.384 e. The van der Waals surface area contributed by atoms with Gasteiger partial charge in [-0.2, -0.15) is 0 Å². The molecule has 0 atom stereocenters. The highest BCUT2D eigenvalue weighted by Crippen LogP contribution is 2.09. The molecule has 0 aliphatic carbocycles. The number of aryl methyl sites for hydroxylation is 1. The number of rotatable bonds is 4. The third-order valence-electron chi connectivity index (χ3n) is 2.77. The molecular formula is C16H20N2O3. The lowest BCUT2D eigenvalue weighted by Gasteiger charge is -2.11. The van der Waals surface area contributed by atoms with E-state index in [0.29, 0.717) is 17.7 Å². The van der Waals surface area contributed by atoms with Gasteiger partial charge in [0.25, 0.3) is 5.91 Å². The van der Waals surface area contributed by atoms with E-state index in [1.807, 2.05) is 13.0 Å². The number of aliphatic hydroxyl groups is 1. The van der Waals surface area contributed by atoms with Crippen LogP contribution in [0.2, 0.25) is 0 Å². The van der Waals surface area contributed by atoms with Crippen molar-refractivity contribution in [3.63, 3.8) is 0 Å². The summed E-state index contributed by atoms with van der Waals surface area (Å²) in [5, 5.41) is 11.4. The van der Waals surface area contributed by atoms with Crippen LogP contribution in [0.3, 0.4) is 0 Å². The average Bonchev–Trinajstić information content (AvgIpc) is 2.44. The number of carbonyl (C=O) groups excluding carboxylic acids is 2. The number of carbonyl (C=O) groups is 2. The second-order valence-corrected chi connectivity index (χ2v) is 4.84. The third kappa shape index (κ3) is 5.67. The van der Waals surface area contributed by atoms with E-state index in [4.69, 9.17) is 5.11 Å². The number of nitrogens with one attached hydrogen (secondary N) is 1. The molecule has 0 aliphatic heterocycles. The first-order valence-corrected chi connectivity index (χ1v) is 6.64. The molecule has 0 bridgehead atoms. The zero-order valence-electron chi connectivity index (χ0n) is 12.6. The van der Waals surface area contributed by atoms with Crippen molar-refractivity contribution < 1.29 is 14.7 Å². The van der Waals surface area contributed by atoms with Crippen LogP contribution in [0, 0.1) is 18.8 Å². The Morgan fingerprint density at radius 3 is 2.62 bits per heavy atom. The van der Waals surface area contributed by atoms with E-state index < -0.39 is 0 Å². The summed E-state index contributed by atoms with van der Waals surface area (Å²) >= 11 is 0. The van der Waals surface area contributed by atoms with Gasteiger partial charge in [-0.3, -0.25) is 9.59 Å². The van der Waals surface area contributed by atoms with Crippen molar-refractivity contribution in [2.24, 2.45) is 0 Å². The van der Waals surface area contributed by atoms with Crippen LogP contribution in [0.15, 0.2) is 18.2 Å². The molecule has 0 spiro atoms. The number of hydrogen-bond acceptors (Lipinski definition) is 3. The third-order valence-corrected chi connectivity index (χ3v) is 2.77. The summed E-state index contributed by atoms with van der Waals surface area (Å²) in [5.41, 5.74) is 2.09. The Labute approximate surface area is 125 Å². The minimum Gasteiger partial charge on any atom is -0.384 e. The molecule has 0 aromatic heterocycles. The molecule has 1 aromatic carbocycles. The number of nitrogens with zero attached hydrogens (tertiary/aromatic N) is 1. The van der Waals surface area contributed by atoms with Crippen molar-refractivity contribution in [2.75, 3.05) is 27.2 Å². The molecule has 2 amide bonds. The molecule has 0 radical (unpaired) electrons. The first kappa shape index (κ1) is 16.7. The highest BCUT2D eigenvalue weighted by atomic mass is 16.2. The fourth-order valence-corrected chi connectivity index (χ4v) is 1.74. The molecule has 112 valence electrons. The zero-order chi connectivity index (χ0) is 15.8. The molecule has 0 saturated carbocycles. The normalized spacial score (nSPS) is 9.52. The maximum Gasteiger partial charge on any atom is 0.251 e. The molecule has 5 heteroatoms. The Balaban J connectivity index is 2.70. The van der Waals surface area contributed by atoms with Gasteiger partial charge in [-0.25, -0.2) is 0 Å². The van der Waals surface area contributed by atoms with Gasteiger partial charge in [0, 0.05) is 38.2 Å². The number of amides is 2. The van der Waals surface area contributed by atoms with Crippen LogP contribution in [-0.4, -0.2) is 49.1 Å². The van der Waals surface area contributed by atoms with Gasteiger partial charge in [-0.05, 0) is 30.7 Å². The van der Waals surface area contributed by atoms with Gasteiger partial charge in [0.05, 0.1) is 0 Å². The number of benzene rings is 1. The molecule has 1 aromatic rings. The topological polar surface area (TPSA) is 69.6 Å². The summed E-state index contributed by atoms with van der Waals surface area (Å²) in [6, 6.07) is 5.26. The van der Waals surface area contributed by atoms with Crippen molar-refractivity contribution in [3.05, 3.63) is 34.9 Å². The first-order valence-electron chi connectivity index (χ1n) is 6.64. The van der Waals surface area contributed by atoms with Gasteiger partial charge in [0.2, 0.25) is 5.91 Å². The van der Waals surface area contributed by atoms with Gasteiger partial charge in [-0.15, -0.1) is 0 Å². The van der Waals surface area contributed by atoms with Crippen molar-refractivity contribution in [2.45, 2.75) is 13.3 Å². The van der Waals surface area contributed by atoms with Crippen LogP contribution >= 0.6 is 0 Å². The highest BCUT2D eigenvalue weighted by Gasteiger charge is 2.09. The van der Waals surface area contributed by atoms with Crippen LogP contribution in [0.25, 0.3) is 0 Å². The monoisotopic (exact) mass is 288 g/mol. The summed E-state index contributed by atoms with van der Waals surface area (Å²) in [7, 11) is 3.35. The summed E-state index contributed by atoms with van der Waals surface area (Å²) in [5.74, 6) is 5.06. The molecule has 0 fully saturated rings. The average molecular weight is 288 g/mol. The number of hydrogen-bond donors (Lipinski definition) is 2. The van der Waals surface area contributed by atoms with E-state index in [0.717, 1.165) is 5.56 Å². The van der Waals surface area contributed by atoms with Crippen LogP contribution in [-0.2, 0) is 4.79 Å². The Hall–Kier alpha value is -2.32. The van der Waals surface area contributed by atoms with Crippen molar-refractivity contribution in [1.29, 1.82) is 0 Å². The van der Waals surface area contributed by atoms with Gasteiger partial charge in [0.1, 0.15) is 6.61 Å². The molecule has 21 heavy (non-hydrogen) atoms. The van der Waals surface area contributed by atoms with Crippen LogP contribution in [0.1, 0.15) is 27.9 Å². The Bertz CT molecular complexity index is 583. The maximum absolute atomic E-state index is 12.0. The van der Waals surface area contributed by atoms with E-state index >= 15 is 0 Å². The smallest absolute Gasteiger partial charge is 0.251 e. The van der Waals surface area contributed by atoms with Gasteiger partial charge >= 0.3 is 0 Å². The maximum atomic E-state index is 12.0. The summed E-state index contributed by atoms with van der Waals surface area (Å²) in [6.45, 7) is 1.94. The van der Waals surface area contributed by atoms with Gasteiger partial charge in [-0.1, -0.05) is 11.8 Å². The lowest BCUT2D eigenvalue weighted by molar-refractivity contribution is -0.128. The summed E-state index contributed by atoms with van der Waals surface area (Å²) in [4.78, 5) is 24.9. The fraction of sp³-hybridized carbons (Fsp3) is 0.375. The van der Waals surface area contributed by atoms with E-state index in [9.17, 15) is 9.59 Å². The van der Waals surface area contributed by atoms with E-state index in [1.54, 1.807) is 26.2 Å². The SMILES string of the molecule is Cc1cc(C#CCO)cc(C(=O)NCCC(=O)N(C)C)c1. The number of aliphatic hydroxyl groups excluding tert-OH is 1. The quantitative estimate of drug-likeness (QED) is 0.795. The van der Waals surface area contributed by atoms with Gasteiger partial charge < -0.3 is 15.3 Å². The Kier molecular flexibility index (Phi) is 6.44. The molecule has 5 nitrogen and oxygen atoms in total. The fourth-order valence-electron chi connectivity index (χ4n) is 1.74. The summed E-state index contributed by atoms with van der Waals surface area (Å²) in [6.07, 6.45) is 0.266. The molecule has 0 heterocycles. The zero-order valence-corrected chi connectivity index (χ0v) is 12.6. The first-order chi connectivity index (χ1) is 9.93. The van der Waals surface area contributed by atoms with E-state index in [1.165, 1.54) is 4.90 Å². The lowest BCUT2D eigenvalue weighted by Crippen LogP contribution is -2.30. The van der Waals surface area contributed by atoms with E-state index in [2.05, 4.69) is 17.2 Å². The van der Waals surface area contributed by atoms with Crippen LogP contribution < -0.4 is 5.32 Å². The second kappa shape index (κ2) is 8.08. The minimum absolute atomic E-state index is 0.0333. The lowest BCUT2D eigenvalue weighted by atomic mass is 10.1.